The molecule has 0 radical (unpaired) electrons. The Morgan fingerprint density at radius 1 is 1.00 bits per heavy atom. The smallest absolute Gasteiger partial charge is 0.244 e. The molecule has 1 aromatic carbocycles. The van der Waals surface area contributed by atoms with Crippen molar-refractivity contribution < 1.29 is 4.79 Å². The average Bonchev–Trinajstić information content (AvgIpc) is 3.29. The molecule has 3 nitrogen and oxygen atoms in total. The van der Waals surface area contributed by atoms with E-state index in [2.05, 4.69) is 47.9 Å². The molecule has 0 N–H and O–H groups in total. The molecule has 0 aromatic heterocycles. The minimum Gasteiger partial charge on any atom is -0.338 e. The number of carbonyl (C=O) groups excluding carboxylic acids is 1. The summed E-state index contributed by atoms with van der Waals surface area (Å²) in [6.45, 7) is 11.5. The first-order valence-electron chi connectivity index (χ1n) is 9.78. The van der Waals surface area contributed by atoms with Crippen molar-refractivity contribution in [2.24, 2.45) is 5.92 Å². The van der Waals surface area contributed by atoms with Gasteiger partial charge in [-0.1, -0.05) is 58.0 Å². The van der Waals surface area contributed by atoms with Gasteiger partial charge in [0.05, 0.1) is 0 Å². The molecule has 1 aromatic rings. The predicted molar refractivity (Wildman–Crippen MR) is 101 cm³/mol. The number of carbonyl (C=O) groups is 1. The summed E-state index contributed by atoms with van der Waals surface area (Å²) in [6, 6.07) is 10.7. The predicted octanol–water partition coefficient (Wildman–Crippen LogP) is 4.50. The fraction of sp³-hybridized carbons (Fsp3) is 0.667. The maximum atomic E-state index is 13.3. The van der Waals surface area contributed by atoms with Crippen molar-refractivity contribution >= 4 is 5.91 Å². The number of hydrogen-bond donors (Lipinski definition) is 0. The molecule has 0 aliphatic carbocycles. The summed E-state index contributed by atoms with van der Waals surface area (Å²) in [7, 11) is 0. The SMILES string of the molecule is CC.CC(C)C1CCCN1C(=O)[C@H](c1ccccc1)N1CCCC1. The highest BCUT2D eigenvalue weighted by Crippen LogP contribution is 2.32. The van der Waals surface area contributed by atoms with Gasteiger partial charge in [-0.25, -0.2) is 0 Å². The summed E-state index contributed by atoms with van der Waals surface area (Å²) in [4.78, 5) is 17.9. The van der Waals surface area contributed by atoms with Gasteiger partial charge in [-0.3, -0.25) is 9.69 Å². The van der Waals surface area contributed by atoms with Crippen LogP contribution >= 0.6 is 0 Å². The summed E-state index contributed by atoms with van der Waals surface area (Å²) in [5.74, 6) is 0.866. The summed E-state index contributed by atoms with van der Waals surface area (Å²) in [5.41, 5.74) is 1.16. The van der Waals surface area contributed by atoms with Gasteiger partial charge in [0.25, 0.3) is 0 Å². The molecule has 2 aliphatic rings. The number of likely N-dealkylation sites (tertiary alicyclic amines) is 2. The largest absolute Gasteiger partial charge is 0.338 e. The molecule has 2 atom stereocenters. The Morgan fingerprint density at radius 3 is 2.21 bits per heavy atom. The molecule has 2 saturated heterocycles. The molecular formula is C21H34N2O. The van der Waals surface area contributed by atoms with Crippen LogP contribution in [0.5, 0.6) is 0 Å². The summed E-state index contributed by atoms with van der Waals surface area (Å²) in [6.07, 6.45) is 4.73. The quantitative estimate of drug-likeness (QED) is 0.811. The van der Waals surface area contributed by atoms with Gasteiger partial charge in [0.2, 0.25) is 5.91 Å². The van der Waals surface area contributed by atoms with Crippen LogP contribution in [0.4, 0.5) is 0 Å². The third-order valence-electron chi connectivity index (χ3n) is 5.21. The Kier molecular flexibility index (Phi) is 7.29. The van der Waals surface area contributed by atoms with E-state index in [9.17, 15) is 4.79 Å². The van der Waals surface area contributed by atoms with Crippen molar-refractivity contribution in [2.45, 2.75) is 65.5 Å². The summed E-state index contributed by atoms with van der Waals surface area (Å²) in [5, 5.41) is 0. The minimum absolute atomic E-state index is 0.0805. The van der Waals surface area contributed by atoms with Crippen molar-refractivity contribution in [3.63, 3.8) is 0 Å². The molecular weight excluding hydrogens is 296 g/mol. The van der Waals surface area contributed by atoms with Crippen LogP contribution in [0.2, 0.25) is 0 Å². The average molecular weight is 331 g/mol. The lowest BCUT2D eigenvalue weighted by Gasteiger charge is -2.35. The lowest BCUT2D eigenvalue weighted by atomic mass is 9.99. The van der Waals surface area contributed by atoms with E-state index in [1.807, 2.05) is 19.9 Å². The van der Waals surface area contributed by atoms with Crippen molar-refractivity contribution in [1.82, 2.24) is 9.80 Å². The van der Waals surface area contributed by atoms with Gasteiger partial charge in [0.1, 0.15) is 6.04 Å². The van der Waals surface area contributed by atoms with Crippen LogP contribution in [-0.2, 0) is 4.79 Å². The van der Waals surface area contributed by atoms with Crippen molar-refractivity contribution in [1.29, 1.82) is 0 Å². The maximum absolute atomic E-state index is 13.3. The highest BCUT2D eigenvalue weighted by atomic mass is 16.2. The second-order valence-corrected chi connectivity index (χ2v) is 7.04. The molecule has 134 valence electrons. The number of amides is 1. The zero-order valence-corrected chi connectivity index (χ0v) is 15.9. The van der Waals surface area contributed by atoms with Crippen LogP contribution in [0.15, 0.2) is 30.3 Å². The second-order valence-electron chi connectivity index (χ2n) is 7.04. The van der Waals surface area contributed by atoms with Crippen LogP contribution in [0.3, 0.4) is 0 Å². The first-order chi connectivity index (χ1) is 11.7. The van der Waals surface area contributed by atoms with E-state index in [1.54, 1.807) is 0 Å². The Balaban J connectivity index is 0.00000100. The fourth-order valence-electron chi connectivity index (χ4n) is 4.06. The summed E-state index contributed by atoms with van der Waals surface area (Å²) >= 11 is 0. The Labute approximate surface area is 148 Å². The molecule has 2 aliphatic heterocycles. The van der Waals surface area contributed by atoms with Crippen LogP contribution < -0.4 is 0 Å². The van der Waals surface area contributed by atoms with Gasteiger partial charge < -0.3 is 4.90 Å². The number of nitrogens with zero attached hydrogens (tertiary/aromatic N) is 2. The normalized spacial score (nSPS) is 22.4. The third-order valence-corrected chi connectivity index (χ3v) is 5.21. The molecule has 0 saturated carbocycles. The fourth-order valence-corrected chi connectivity index (χ4v) is 4.06. The van der Waals surface area contributed by atoms with Crippen molar-refractivity contribution in [3.8, 4) is 0 Å². The molecule has 3 rings (SSSR count). The van der Waals surface area contributed by atoms with E-state index in [4.69, 9.17) is 0 Å². The lowest BCUT2D eigenvalue weighted by Crippen LogP contribution is -2.45. The van der Waals surface area contributed by atoms with E-state index in [0.717, 1.165) is 38.0 Å². The Bertz CT molecular complexity index is 494. The highest BCUT2D eigenvalue weighted by molar-refractivity contribution is 5.84. The van der Waals surface area contributed by atoms with E-state index < -0.39 is 0 Å². The summed E-state index contributed by atoms with van der Waals surface area (Å²) < 4.78 is 0. The first-order valence-corrected chi connectivity index (χ1v) is 9.78. The van der Waals surface area contributed by atoms with Gasteiger partial charge in [0, 0.05) is 12.6 Å². The van der Waals surface area contributed by atoms with E-state index in [1.165, 1.54) is 12.8 Å². The maximum Gasteiger partial charge on any atom is 0.244 e. The molecule has 1 amide bonds. The van der Waals surface area contributed by atoms with Gasteiger partial charge in [-0.15, -0.1) is 0 Å². The van der Waals surface area contributed by atoms with Crippen molar-refractivity contribution in [2.75, 3.05) is 19.6 Å². The molecule has 1 unspecified atom stereocenters. The monoisotopic (exact) mass is 330 g/mol. The van der Waals surface area contributed by atoms with E-state index in [-0.39, 0.29) is 6.04 Å². The van der Waals surface area contributed by atoms with Crippen molar-refractivity contribution in [3.05, 3.63) is 35.9 Å². The topological polar surface area (TPSA) is 23.6 Å². The Hall–Kier alpha value is -1.35. The zero-order chi connectivity index (χ0) is 17.5. The van der Waals surface area contributed by atoms with Gasteiger partial charge in [-0.2, -0.15) is 0 Å². The highest BCUT2D eigenvalue weighted by Gasteiger charge is 2.38. The number of rotatable bonds is 4. The first kappa shape index (κ1) is 19.0. The number of benzene rings is 1. The van der Waals surface area contributed by atoms with Crippen LogP contribution in [-0.4, -0.2) is 41.4 Å². The zero-order valence-electron chi connectivity index (χ0n) is 15.9. The molecule has 0 bridgehead atoms. The van der Waals surface area contributed by atoms with E-state index >= 15 is 0 Å². The van der Waals surface area contributed by atoms with Gasteiger partial charge in [-0.05, 0) is 50.3 Å². The lowest BCUT2D eigenvalue weighted by molar-refractivity contribution is -0.138. The second kappa shape index (κ2) is 9.22. The van der Waals surface area contributed by atoms with Gasteiger partial charge in [0.15, 0.2) is 0 Å². The standard InChI is InChI=1S/C19H28N2O.C2H6/c1-15(2)17-11-8-14-21(17)19(22)18(20-12-6-7-13-20)16-9-4-3-5-10-16;1-2/h3-5,9-10,15,17-18H,6-8,11-14H2,1-2H3;1-2H3/t17?,18-;/m0./s1. The van der Waals surface area contributed by atoms with Gasteiger partial charge >= 0.3 is 0 Å². The molecule has 0 spiro atoms. The molecule has 2 fully saturated rings. The molecule has 2 heterocycles. The molecule has 24 heavy (non-hydrogen) atoms. The Morgan fingerprint density at radius 2 is 1.62 bits per heavy atom. The van der Waals surface area contributed by atoms with Crippen LogP contribution in [0.25, 0.3) is 0 Å². The minimum atomic E-state index is -0.0805. The third kappa shape index (κ3) is 4.18. The van der Waals surface area contributed by atoms with Crippen LogP contribution in [0.1, 0.15) is 65.0 Å². The van der Waals surface area contributed by atoms with E-state index in [0.29, 0.717) is 17.9 Å². The van der Waals surface area contributed by atoms with Crippen LogP contribution in [0, 0.1) is 5.92 Å². The molecule has 3 heteroatoms. The number of hydrogen-bond acceptors (Lipinski definition) is 2.